The third-order valence-corrected chi connectivity index (χ3v) is 5.20. The van der Waals surface area contributed by atoms with Gasteiger partial charge in [-0.1, -0.05) is 19.1 Å². The Morgan fingerprint density at radius 3 is 2.41 bits per heavy atom. The first-order valence-corrected chi connectivity index (χ1v) is 9.54. The summed E-state index contributed by atoms with van der Waals surface area (Å²) in [6, 6.07) is 13.0. The minimum absolute atomic E-state index is 0.0256. The molecule has 0 unspecified atom stereocenters. The molecule has 1 aliphatic heterocycles. The maximum absolute atomic E-state index is 13.4. The molecular formula is C22H24N4O3. The Kier molecular flexibility index (Phi) is 4.88. The van der Waals surface area contributed by atoms with E-state index in [1.165, 1.54) is 0 Å². The van der Waals surface area contributed by atoms with Crippen molar-refractivity contribution in [1.29, 1.82) is 0 Å². The van der Waals surface area contributed by atoms with Crippen LogP contribution in [0.2, 0.25) is 0 Å². The number of ketones is 1. The zero-order valence-corrected chi connectivity index (χ0v) is 16.9. The average molecular weight is 392 g/mol. The summed E-state index contributed by atoms with van der Waals surface area (Å²) >= 11 is 0. The summed E-state index contributed by atoms with van der Waals surface area (Å²) in [5.41, 5.74) is 3.09. The summed E-state index contributed by atoms with van der Waals surface area (Å²) in [6.07, 6.45) is 0.646. The van der Waals surface area contributed by atoms with E-state index < -0.39 is 0 Å². The second-order valence-electron chi connectivity index (χ2n) is 6.81. The molecule has 0 saturated carbocycles. The Hall–Kier alpha value is -3.48. The van der Waals surface area contributed by atoms with Crippen LogP contribution in [0.25, 0.3) is 16.6 Å². The number of nitrogens with zero attached hydrogens (tertiary/aromatic N) is 2. The highest BCUT2D eigenvalue weighted by Crippen LogP contribution is 2.39. The first-order valence-electron chi connectivity index (χ1n) is 9.54. The zero-order valence-electron chi connectivity index (χ0n) is 16.9. The summed E-state index contributed by atoms with van der Waals surface area (Å²) in [4.78, 5) is 23.4. The van der Waals surface area contributed by atoms with Crippen molar-refractivity contribution in [1.82, 2.24) is 15.3 Å². The van der Waals surface area contributed by atoms with Gasteiger partial charge in [0, 0.05) is 25.2 Å². The third-order valence-electron chi connectivity index (χ3n) is 5.20. The molecule has 1 aromatic heterocycles. The number of carbonyl (C=O) groups is 1. The minimum Gasteiger partial charge on any atom is -0.497 e. The van der Waals surface area contributed by atoms with Crippen LogP contribution in [0.5, 0.6) is 11.5 Å². The minimum atomic E-state index is -0.350. The van der Waals surface area contributed by atoms with Crippen LogP contribution in [-0.4, -0.2) is 43.1 Å². The largest absolute Gasteiger partial charge is 0.497 e. The van der Waals surface area contributed by atoms with Crippen LogP contribution < -0.4 is 19.7 Å². The third kappa shape index (κ3) is 3.08. The standard InChI is InChI=1S/C22H24N4O3/c1-5-18-20(27)19(21-24-16-8-6-7-9-17(16)25-21)22(23-2)26(18)13-10-14(28-3)12-15(11-13)29-4/h6-12,18,23H,5H2,1-4H3,(H,24,25)/t18-/m1/s1. The lowest BCUT2D eigenvalue weighted by Crippen LogP contribution is -2.36. The first kappa shape index (κ1) is 18.9. The molecule has 0 saturated heterocycles. The Bertz CT molecular complexity index is 1050. The van der Waals surface area contributed by atoms with Gasteiger partial charge in [0.2, 0.25) is 0 Å². The molecular weight excluding hydrogens is 368 g/mol. The number of methoxy groups -OCH3 is 2. The SMILES string of the molecule is CC[C@@H]1C(=O)C(c2nc3ccccc3[nH]2)=C(NC)N1c1cc(OC)cc(OC)c1. The van der Waals surface area contributed by atoms with Crippen molar-refractivity contribution in [3.05, 3.63) is 54.1 Å². The second-order valence-corrected chi connectivity index (χ2v) is 6.81. The predicted octanol–water partition coefficient (Wildman–Crippen LogP) is 3.34. The van der Waals surface area contributed by atoms with Crippen LogP contribution in [-0.2, 0) is 4.79 Å². The van der Waals surface area contributed by atoms with Crippen LogP contribution >= 0.6 is 0 Å². The number of Topliss-reactive ketones (excluding diaryl/α,β-unsaturated/α-hetero) is 1. The second kappa shape index (κ2) is 7.50. The van der Waals surface area contributed by atoms with Gasteiger partial charge in [0.25, 0.3) is 0 Å². The van der Waals surface area contributed by atoms with E-state index in [-0.39, 0.29) is 11.8 Å². The summed E-state index contributed by atoms with van der Waals surface area (Å²) in [6.45, 7) is 2.00. The molecule has 0 aliphatic carbocycles. The summed E-state index contributed by atoms with van der Waals surface area (Å²) in [7, 11) is 5.03. The van der Waals surface area contributed by atoms with E-state index in [9.17, 15) is 4.79 Å². The molecule has 0 bridgehead atoms. The zero-order chi connectivity index (χ0) is 20.5. The molecule has 2 aromatic carbocycles. The normalized spacial score (nSPS) is 16.6. The van der Waals surface area contributed by atoms with Crippen molar-refractivity contribution in [2.24, 2.45) is 0 Å². The predicted molar refractivity (Wildman–Crippen MR) is 113 cm³/mol. The monoisotopic (exact) mass is 392 g/mol. The fourth-order valence-corrected chi connectivity index (χ4v) is 3.83. The summed E-state index contributed by atoms with van der Waals surface area (Å²) in [5, 5.41) is 3.22. The van der Waals surface area contributed by atoms with Gasteiger partial charge in [0.1, 0.15) is 28.7 Å². The maximum Gasteiger partial charge on any atom is 0.193 e. The van der Waals surface area contributed by atoms with Crippen molar-refractivity contribution in [2.45, 2.75) is 19.4 Å². The van der Waals surface area contributed by atoms with Crippen LogP contribution in [0.4, 0.5) is 5.69 Å². The van der Waals surface area contributed by atoms with E-state index in [1.54, 1.807) is 14.2 Å². The van der Waals surface area contributed by atoms with E-state index >= 15 is 0 Å². The summed E-state index contributed by atoms with van der Waals surface area (Å²) < 4.78 is 10.9. The van der Waals surface area contributed by atoms with Gasteiger partial charge < -0.3 is 24.7 Å². The lowest BCUT2D eigenvalue weighted by atomic mass is 10.1. The number of aromatic amines is 1. The topological polar surface area (TPSA) is 79.5 Å². The molecule has 4 rings (SSSR count). The first-order chi connectivity index (χ1) is 14.1. The van der Waals surface area contributed by atoms with Gasteiger partial charge in [-0.05, 0) is 18.6 Å². The van der Waals surface area contributed by atoms with E-state index in [1.807, 2.05) is 61.3 Å². The number of fused-ring (bicyclic) bond motifs is 1. The number of benzene rings is 2. The van der Waals surface area contributed by atoms with E-state index in [0.29, 0.717) is 35.1 Å². The van der Waals surface area contributed by atoms with Crippen molar-refractivity contribution in [2.75, 3.05) is 26.2 Å². The van der Waals surface area contributed by atoms with Crippen LogP contribution in [0.15, 0.2) is 48.3 Å². The van der Waals surface area contributed by atoms with E-state index in [4.69, 9.17) is 9.47 Å². The Balaban J connectivity index is 1.90. The van der Waals surface area contributed by atoms with E-state index in [2.05, 4.69) is 15.3 Å². The molecule has 7 nitrogen and oxygen atoms in total. The summed E-state index contributed by atoms with van der Waals surface area (Å²) in [5.74, 6) is 2.62. The lowest BCUT2D eigenvalue weighted by Gasteiger charge is -2.28. The van der Waals surface area contributed by atoms with Gasteiger partial charge in [-0.25, -0.2) is 4.98 Å². The van der Waals surface area contributed by atoms with Crippen molar-refractivity contribution < 1.29 is 14.3 Å². The average Bonchev–Trinajstić information content (AvgIpc) is 3.30. The number of H-pyrrole nitrogens is 1. The van der Waals surface area contributed by atoms with Crippen molar-refractivity contribution >= 4 is 28.1 Å². The molecule has 0 radical (unpaired) electrons. The van der Waals surface area contributed by atoms with Gasteiger partial charge >= 0.3 is 0 Å². The molecule has 3 aromatic rings. The smallest absolute Gasteiger partial charge is 0.193 e. The van der Waals surface area contributed by atoms with Gasteiger partial charge in [-0.2, -0.15) is 0 Å². The number of aromatic nitrogens is 2. The van der Waals surface area contributed by atoms with Gasteiger partial charge in [0.15, 0.2) is 5.78 Å². The number of hydrogen-bond donors (Lipinski definition) is 2. The number of rotatable bonds is 6. The van der Waals surface area contributed by atoms with Crippen LogP contribution in [0, 0.1) is 0 Å². The molecule has 2 heterocycles. The molecule has 0 spiro atoms. The molecule has 0 fully saturated rings. The van der Waals surface area contributed by atoms with Crippen molar-refractivity contribution in [3.63, 3.8) is 0 Å². The van der Waals surface area contributed by atoms with Gasteiger partial charge in [0.05, 0.1) is 37.0 Å². The maximum atomic E-state index is 13.4. The molecule has 1 aliphatic rings. The molecule has 7 heteroatoms. The number of carbonyl (C=O) groups excluding carboxylic acids is 1. The molecule has 1 atom stereocenters. The Morgan fingerprint density at radius 1 is 1.14 bits per heavy atom. The highest BCUT2D eigenvalue weighted by molar-refractivity contribution is 6.27. The van der Waals surface area contributed by atoms with Crippen LogP contribution in [0.1, 0.15) is 19.2 Å². The number of nitrogens with one attached hydrogen (secondary N) is 2. The lowest BCUT2D eigenvalue weighted by molar-refractivity contribution is -0.114. The van der Waals surface area contributed by atoms with Gasteiger partial charge in [-0.15, -0.1) is 0 Å². The fourth-order valence-electron chi connectivity index (χ4n) is 3.83. The van der Waals surface area contributed by atoms with Crippen LogP contribution in [0.3, 0.4) is 0 Å². The molecule has 2 N–H and O–H groups in total. The van der Waals surface area contributed by atoms with Crippen molar-refractivity contribution in [3.8, 4) is 11.5 Å². The van der Waals surface area contributed by atoms with Gasteiger partial charge in [-0.3, -0.25) is 4.79 Å². The molecule has 0 amide bonds. The number of ether oxygens (including phenoxy) is 2. The Labute approximate surface area is 169 Å². The number of anilines is 1. The quantitative estimate of drug-likeness (QED) is 0.670. The number of imidazole rings is 1. The highest BCUT2D eigenvalue weighted by Gasteiger charge is 2.41. The molecule has 29 heavy (non-hydrogen) atoms. The van der Waals surface area contributed by atoms with E-state index in [0.717, 1.165) is 16.7 Å². The highest BCUT2D eigenvalue weighted by atomic mass is 16.5. The fraction of sp³-hybridized carbons (Fsp3) is 0.273. The number of hydrogen-bond acceptors (Lipinski definition) is 6. The Morgan fingerprint density at radius 2 is 1.83 bits per heavy atom. The molecule has 150 valence electrons. The number of para-hydroxylation sites is 2.